The number of hydrogen-bond donors (Lipinski definition) is 1. The van der Waals surface area contributed by atoms with E-state index in [-0.39, 0.29) is 0 Å². The molecule has 3 rings (SSSR count). The summed E-state index contributed by atoms with van der Waals surface area (Å²) in [6.07, 6.45) is 3.51. The first kappa shape index (κ1) is 12.5. The fourth-order valence-corrected chi connectivity index (χ4v) is 2.14. The van der Waals surface area contributed by atoms with Gasteiger partial charge in [-0.3, -0.25) is 0 Å². The number of fused-ring (bicyclic) bond motifs is 1. The third-order valence-corrected chi connectivity index (χ3v) is 3.08. The molecule has 0 spiro atoms. The number of para-hydroxylation sites is 1. The minimum atomic E-state index is 0.598. The summed E-state index contributed by atoms with van der Waals surface area (Å²) < 4.78 is 11.0. The smallest absolute Gasteiger partial charge is 0.237 e. The maximum Gasteiger partial charge on any atom is 0.237 e. The van der Waals surface area contributed by atoms with E-state index in [4.69, 9.17) is 9.15 Å². The first-order valence-corrected chi connectivity index (χ1v) is 6.65. The van der Waals surface area contributed by atoms with Crippen LogP contribution < -0.4 is 10.1 Å². The third-order valence-electron chi connectivity index (χ3n) is 3.08. The molecule has 0 saturated carbocycles. The number of aromatic nitrogens is 1. The summed E-state index contributed by atoms with van der Waals surface area (Å²) in [4.78, 5) is 4.22. The molecule has 0 saturated heterocycles. The molecule has 0 radical (unpaired) electrons. The maximum atomic E-state index is 5.53. The van der Waals surface area contributed by atoms with Gasteiger partial charge in [-0.25, -0.2) is 4.98 Å². The molecular weight excluding hydrogens is 252 g/mol. The Balaban J connectivity index is 1.80. The summed E-state index contributed by atoms with van der Waals surface area (Å²) in [7, 11) is 0. The highest BCUT2D eigenvalue weighted by Gasteiger charge is 2.07. The lowest BCUT2D eigenvalue weighted by Gasteiger charge is -2.10. The molecule has 0 fully saturated rings. The Morgan fingerprint density at radius 1 is 1.20 bits per heavy atom. The van der Waals surface area contributed by atoms with Gasteiger partial charge >= 0.3 is 0 Å². The van der Waals surface area contributed by atoms with Crippen LogP contribution in [-0.4, -0.2) is 11.6 Å². The van der Waals surface area contributed by atoms with Crippen molar-refractivity contribution in [1.82, 2.24) is 4.98 Å². The molecule has 3 aromatic rings. The number of benzene rings is 1. The van der Waals surface area contributed by atoms with Crippen molar-refractivity contribution in [3.63, 3.8) is 0 Å². The van der Waals surface area contributed by atoms with Gasteiger partial charge in [0.2, 0.25) is 5.88 Å². The topological polar surface area (TPSA) is 47.3 Å². The highest BCUT2D eigenvalue weighted by Crippen LogP contribution is 2.24. The zero-order valence-electron chi connectivity index (χ0n) is 11.3. The molecule has 102 valence electrons. The van der Waals surface area contributed by atoms with Gasteiger partial charge in [-0.2, -0.15) is 0 Å². The number of pyridine rings is 1. The van der Waals surface area contributed by atoms with Crippen molar-refractivity contribution < 1.29 is 9.15 Å². The van der Waals surface area contributed by atoms with Crippen molar-refractivity contribution in [2.45, 2.75) is 13.5 Å². The van der Waals surface area contributed by atoms with Crippen LogP contribution in [0, 0.1) is 0 Å². The van der Waals surface area contributed by atoms with Crippen LogP contribution in [0.3, 0.4) is 0 Å². The van der Waals surface area contributed by atoms with Crippen LogP contribution in [0.4, 0.5) is 5.69 Å². The molecule has 0 atom stereocenters. The van der Waals surface area contributed by atoms with Gasteiger partial charge in [-0.05, 0) is 25.1 Å². The van der Waals surface area contributed by atoms with E-state index >= 15 is 0 Å². The summed E-state index contributed by atoms with van der Waals surface area (Å²) in [5.74, 6) is 0.628. The highest BCUT2D eigenvalue weighted by molar-refractivity contribution is 5.81. The Kier molecular flexibility index (Phi) is 3.54. The predicted octanol–water partition coefficient (Wildman–Crippen LogP) is 3.84. The van der Waals surface area contributed by atoms with Crippen LogP contribution in [0.25, 0.3) is 11.0 Å². The summed E-state index contributed by atoms with van der Waals surface area (Å²) in [5.41, 5.74) is 2.91. The Bertz CT molecular complexity index is 706. The molecule has 0 amide bonds. The van der Waals surface area contributed by atoms with E-state index in [1.54, 1.807) is 12.5 Å². The van der Waals surface area contributed by atoms with E-state index in [1.165, 1.54) is 0 Å². The van der Waals surface area contributed by atoms with Crippen LogP contribution in [0.15, 0.2) is 53.3 Å². The van der Waals surface area contributed by atoms with Gasteiger partial charge in [0.05, 0.1) is 18.6 Å². The van der Waals surface area contributed by atoms with E-state index in [2.05, 4.69) is 16.4 Å². The van der Waals surface area contributed by atoms with Gasteiger partial charge in [-0.1, -0.05) is 18.2 Å². The summed E-state index contributed by atoms with van der Waals surface area (Å²) in [6, 6.07) is 11.9. The molecule has 20 heavy (non-hydrogen) atoms. The van der Waals surface area contributed by atoms with E-state index in [0.717, 1.165) is 22.2 Å². The third kappa shape index (κ3) is 2.45. The number of nitrogens with zero attached hydrogens (tertiary/aromatic N) is 1. The average Bonchev–Trinajstić information content (AvgIpc) is 2.90. The van der Waals surface area contributed by atoms with Gasteiger partial charge in [0.1, 0.15) is 5.58 Å². The number of ether oxygens (including phenoxy) is 1. The number of rotatable bonds is 5. The molecular formula is C16H16N2O2. The normalized spacial score (nSPS) is 10.7. The Morgan fingerprint density at radius 3 is 3.00 bits per heavy atom. The molecule has 1 N–H and O–H groups in total. The van der Waals surface area contributed by atoms with Gasteiger partial charge in [-0.15, -0.1) is 0 Å². The lowest BCUT2D eigenvalue weighted by Crippen LogP contribution is -2.03. The lowest BCUT2D eigenvalue weighted by molar-refractivity contribution is 0.328. The van der Waals surface area contributed by atoms with Crippen molar-refractivity contribution in [2.75, 3.05) is 11.9 Å². The quantitative estimate of drug-likeness (QED) is 0.763. The van der Waals surface area contributed by atoms with Crippen molar-refractivity contribution in [3.05, 3.63) is 54.4 Å². The van der Waals surface area contributed by atoms with Gasteiger partial charge < -0.3 is 14.5 Å². The molecule has 0 aliphatic rings. The number of nitrogens with one attached hydrogen (secondary N) is 1. The first-order chi connectivity index (χ1) is 9.88. The first-order valence-electron chi connectivity index (χ1n) is 6.65. The fourth-order valence-electron chi connectivity index (χ4n) is 2.14. The van der Waals surface area contributed by atoms with Crippen LogP contribution in [0.1, 0.15) is 12.5 Å². The van der Waals surface area contributed by atoms with E-state index < -0.39 is 0 Å². The van der Waals surface area contributed by atoms with Crippen molar-refractivity contribution in [3.8, 4) is 5.88 Å². The number of anilines is 1. The van der Waals surface area contributed by atoms with Crippen LogP contribution in [-0.2, 0) is 6.54 Å². The molecule has 0 aliphatic heterocycles. The number of furan rings is 1. The molecule has 4 nitrogen and oxygen atoms in total. The second kappa shape index (κ2) is 5.65. The van der Waals surface area contributed by atoms with Crippen molar-refractivity contribution in [1.29, 1.82) is 0 Å². The minimum Gasteiger partial charge on any atom is -0.476 e. The van der Waals surface area contributed by atoms with Gasteiger partial charge in [0.15, 0.2) is 0 Å². The highest BCUT2D eigenvalue weighted by atomic mass is 16.5. The maximum absolute atomic E-state index is 5.53. The van der Waals surface area contributed by atoms with E-state index in [9.17, 15) is 0 Å². The van der Waals surface area contributed by atoms with Gasteiger partial charge in [0.25, 0.3) is 0 Å². The second-order valence-corrected chi connectivity index (χ2v) is 4.40. The molecule has 0 aliphatic carbocycles. The second-order valence-electron chi connectivity index (χ2n) is 4.40. The molecule has 2 aromatic heterocycles. The van der Waals surface area contributed by atoms with Crippen molar-refractivity contribution in [2.24, 2.45) is 0 Å². The molecule has 1 aromatic carbocycles. The SMILES string of the molecule is CCOc1ncccc1NCc1coc2ccccc12. The van der Waals surface area contributed by atoms with E-state index in [1.807, 2.05) is 37.3 Å². The molecule has 0 unspecified atom stereocenters. The fraction of sp³-hybridized carbons (Fsp3) is 0.188. The monoisotopic (exact) mass is 268 g/mol. The Hall–Kier alpha value is -2.49. The molecule has 2 heterocycles. The predicted molar refractivity (Wildman–Crippen MR) is 78.9 cm³/mol. The summed E-state index contributed by atoms with van der Waals surface area (Å²) >= 11 is 0. The van der Waals surface area contributed by atoms with E-state index in [0.29, 0.717) is 19.0 Å². The Morgan fingerprint density at radius 2 is 2.10 bits per heavy atom. The minimum absolute atomic E-state index is 0.598. The summed E-state index contributed by atoms with van der Waals surface area (Å²) in [5, 5.41) is 4.47. The number of hydrogen-bond acceptors (Lipinski definition) is 4. The standard InChI is InChI=1S/C16H16N2O2/c1-2-19-16-14(7-5-9-17-16)18-10-12-11-20-15-8-4-3-6-13(12)15/h3-9,11,18H,2,10H2,1H3. The lowest BCUT2D eigenvalue weighted by atomic mass is 10.2. The Labute approximate surface area is 117 Å². The largest absolute Gasteiger partial charge is 0.476 e. The zero-order chi connectivity index (χ0) is 13.8. The summed E-state index contributed by atoms with van der Waals surface area (Å²) in [6.45, 7) is 3.21. The molecule has 4 heteroatoms. The average molecular weight is 268 g/mol. The zero-order valence-corrected chi connectivity index (χ0v) is 11.3. The van der Waals surface area contributed by atoms with Crippen LogP contribution in [0.5, 0.6) is 5.88 Å². The van der Waals surface area contributed by atoms with Gasteiger partial charge in [0, 0.05) is 23.7 Å². The van der Waals surface area contributed by atoms with Crippen molar-refractivity contribution >= 4 is 16.7 Å². The van der Waals surface area contributed by atoms with Crippen LogP contribution in [0.2, 0.25) is 0 Å². The van der Waals surface area contributed by atoms with Crippen LogP contribution >= 0.6 is 0 Å². The molecule has 0 bridgehead atoms.